The van der Waals surface area contributed by atoms with Crippen LogP contribution in [0.5, 0.6) is 0 Å². The minimum Gasteiger partial charge on any atom is -0.355 e. The summed E-state index contributed by atoms with van der Waals surface area (Å²) >= 11 is 0. The predicted octanol–water partition coefficient (Wildman–Crippen LogP) is 2.59. The molecule has 122 valence electrons. The van der Waals surface area contributed by atoms with Crippen LogP contribution in [0.1, 0.15) is 54.9 Å². The van der Waals surface area contributed by atoms with Gasteiger partial charge in [-0.1, -0.05) is 34.6 Å². The lowest BCUT2D eigenvalue weighted by molar-refractivity contribution is -0.122. The Morgan fingerprint density at radius 2 is 1.55 bits per heavy atom. The highest BCUT2D eigenvalue weighted by molar-refractivity contribution is 5.77. The van der Waals surface area contributed by atoms with Gasteiger partial charge in [0.2, 0.25) is 5.91 Å². The van der Waals surface area contributed by atoms with E-state index in [1.165, 1.54) is 0 Å². The first-order chi connectivity index (χ1) is 9.63. The Morgan fingerprint density at radius 1 is 1.05 bits per heavy atom. The zero-order valence-electron chi connectivity index (χ0n) is 14.8. The molecule has 20 heavy (non-hydrogen) atoms. The molecule has 1 aliphatic rings. The van der Waals surface area contributed by atoms with E-state index in [0.717, 1.165) is 39.1 Å². The standard InChI is InChI=1S/C12H25N3O.2C2H6/c1-4-5-13-12(16)10-14-6-8-15(9-7-14)11(2)3;2*1-2/h11H,4-10H2,1-3H3,(H,13,16);2*1-2H3. The number of hydrogen-bond donors (Lipinski definition) is 1. The van der Waals surface area contributed by atoms with E-state index < -0.39 is 0 Å². The third kappa shape index (κ3) is 10.2. The second kappa shape index (κ2) is 14.8. The Labute approximate surface area is 126 Å². The van der Waals surface area contributed by atoms with Crippen molar-refractivity contribution >= 4 is 5.91 Å². The van der Waals surface area contributed by atoms with Crippen molar-refractivity contribution in [2.24, 2.45) is 0 Å². The van der Waals surface area contributed by atoms with Gasteiger partial charge in [0.15, 0.2) is 0 Å². The number of amides is 1. The van der Waals surface area contributed by atoms with Crippen molar-refractivity contribution in [1.29, 1.82) is 0 Å². The smallest absolute Gasteiger partial charge is 0.234 e. The molecule has 0 radical (unpaired) electrons. The molecule has 0 aromatic heterocycles. The Morgan fingerprint density at radius 3 is 1.95 bits per heavy atom. The van der Waals surface area contributed by atoms with Crippen LogP contribution in [-0.4, -0.2) is 61.0 Å². The molecule has 4 heteroatoms. The van der Waals surface area contributed by atoms with Crippen molar-refractivity contribution in [2.75, 3.05) is 39.3 Å². The first kappa shape index (κ1) is 21.7. The summed E-state index contributed by atoms with van der Waals surface area (Å²) < 4.78 is 0. The number of piperazine rings is 1. The summed E-state index contributed by atoms with van der Waals surface area (Å²) in [7, 11) is 0. The molecule has 1 heterocycles. The van der Waals surface area contributed by atoms with Crippen molar-refractivity contribution in [3.63, 3.8) is 0 Å². The Kier molecular flexibility index (Phi) is 16.0. The van der Waals surface area contributed by atoms with Crippen molar-refractivity contribution in [3.8, 4) is 0 Å². The largest absolute Gasteiger partial charge is 0.355 e. The zero-order valence-corrected chi connectivity index (χ0v) is 14.8. The van der Waals surface area contributed by atoms with Crippen LogP contribution in [0.4, 0.5) is 0 Å². The summed E-state index contributed by atoms with van der Waals surface area (Å²) in [5.74, 6) is 0.167. The molecule has 4 nitrogen and oxygen atoms in total. The molecular formula is C16H37N3O. The molecule has 0 aromatic rings. The first-order valence-corrected chi connectivity index (χ1v) is 8.36. The lowest BCUT2D eigenvalue weighted by Crippen LogP contribution is -2.51. The third-order valence-electron chi connectivity index (χ3n) is 3.08. The molecule has 1 amide bonds. The van der Waals surface area contributed by atoms with Crippen molar-refractivity contribution in [1.82, 2.24) is 15.1 Å². The summed E-state index contributed by atoms with van der Waals surface area (Å²) in [6.07, 6.45) is 1.01. The van der Waals surface area contributed by atoms with E-state index in [1.807, 2.05) is 27.7 Å². The van der Waals surface area contributed by atoms with Crippen LogP contribution in [0.3, 0.4) is 0 Å². The Balaban J connectivity index is 0. The number of hydrogen-bond acceptors (Lipinski definition) is 3. The summed E-state index contributed by atoms with van der Waals surface area (Å²) in [5.41, 5.74) is 0. The molecule has 0 saturated carbocycles. The third-order valence-corrected chi connectivity index (χ3v) is 3.08. The zero-order chi connectivity index (χ0) is 16.0. The van der Waals surface area contributed by atoms with Gasteiger partial charge in [0.25, 0.3) is 0 Å². The highest BCUT2D eigenvalue weighted by Gasteiger charge is 2.19. The van der Waals surface area contributed by atoms with Gasteiger partial charge in [0.1, 0.15) is 0 Å². The normalized spacial score (nSPS) is 15.8. The van der Waals surface area contributed by atoms with Crippen LogP contribution < -0.4 is 5.32 Å². The van der Waals surface area contributed by atoms with E-state index in [9.17, 15) is 4.79 Å². The fourth-order valence-corrected chi connectivity index (χ4v) is 1.96. The second-order valence-electron chi connectivity index (χ2n) is 4.76. The van der Waals surface area contributed by atoms with Gasteiger partial charge in [-0.15, -0.1) is 0 Å². The molecule has 0 unspecified atom stereocenters. The molecule has 1 rings (SSSR count). The fourth-order valence-electron chi connectivity index (χ4n) is 1.96. The highest BCUT2D eigenvalue weighted by atomic mass is 16.2. The van der Waals surface area contributed by atoms with Crippen LogP contribution in [0.15, 0.2) is 0 Å². The van der Waals surface area contributed by atoms with Gasteiger partial charge < -0.3 is 5.32 Å². The quantitative estimate of drug-likeness (QED) is 0.844. The van der Waals surface area contributed by atoms with Crippen molar-refractivity contribution < 1.29 is 4.79 Å². The SMILES string of the molecule is CC.CC.CCCNC(=O)CN1CCN(C(C)C)CC1. The maximum atomic E-state index is 11.5. The number of nitrogens with one attached hydrogen (secondary N) is 1. The fraction of sp³-hybridized carbons (Fsp3) is 0.938. The Hall–Kier alpha value is -0.610. The molecule has 0 bridgehead atoms. The van der Waals surface area contributed by atoms with E-state index in [4.69, 9.17) is 0 Å². The predicted molar refractivity (Wildman–Crippen MR) is 89.1 cm³/mol. The molecule has 0 atom stereocenters. The van der Waals surface area contributed by atoms with E-state index in [-0.39, 0.29) is 5.91 Å². The number of nitrogens with zero attached hydrogens (tertiary/aromatic N) is 2. The van der Waals surface area contributed by atoms with Gasteiger partial charge in [0, 0.05) is 38.8 Å². The highest BCUT2D eigenvalue weighted by Crippen LogP contribution is 2.05. The summed E-state index contributed by atoms with van der Waals surface area (Å²) in [5, 5.41) is 2.92. The molecule has 1 N–H and O–H groups in total. The van der Waals surface area contributed by atoms with Gasteiger partial charge in [-0.3, -0.25) is 14.6 Å². The van der Waals surface area contributed by atoms with E-state index >= 15 is 0 Å². The average Bonchev–Trinajstić information content (AvgIpc) is 2.50. The van der Waals surface area contributed by atoms with Crippen LogP contribution in [0.2, 0.25) is 0 Å². The minimum absolute atomic E-state index is 0.167. The van der Waals surface area contributed by atoms with Crippen LogP contribution in [-0.2, 0) is 4.79 Å². The molecule has 0 aliphatic carbocycles. The second-order valence-corrected chi connectivity index (χ2v) is 4.76. The average molecular weight is 287 g/mol. The van der Waals surface area contributed by atoms with Crippen LogP contribution in [0, 0.1) is 0 Å². The van der Waals surface area contributed by atoms with E-state index in [1.54, 1.807) is 0 Å². The first-order valence-electron chi connectivity index (χ1n) is 8.36. The molecule has 0 spiro atoms. The van der Waals surface area contributed by atoms with Gasteiger partial charge in [0.05, 0.1) is 6.54 Å². The number of rotatable bonds is 5. The molecule has 1 fully saturated rings. The molecule has 1 saturated heterocycles. The number of carbonyl (C=O) groups excluding carboxylic acids is 1. The molecule has 0 aromatic carbocycles. The van der Waals surface area contributed by atoms with Gasteiger partial charge >= 0.3 is 0 Å². The van der Waals surface area contributed by atoms with Crippen molar-refractivity contribution in [2.45, 2.75) is 60.9 Å². The van der Waals surface area contributed by atoms with Gasteiger partial charge in [-0.25, -0.2) is 0 Å². The summed E-state index contributed by atoms with van der Waals surface area (Å²) in [6, 6.07) is 0.621. The maximum absolute atomic E-state index is 11.5. The maximum Gasteiger partial charge on any atom is 0.234 e. The topological polar surface area (TPSA) is 35.6 Å². The van der Waals surface area contributed by atoms with Crippen LogP contribution in [0.25, 0.3) is 0 Å². The summed E-state index contributed by atoms with van der Waals surface area (Å²) in [6.45, 7) is 20.1. The monoisotopic (exact) mass is 287 g/mol. The molecule has 1 aliphatic heterocycles. The lowest BCUT2D eigenvalue weighted by Gasteiger charge is -2.36. The molecular weight excluding hydrogens is 250 g/mol. The van der Waals surface area contributed by atoms with Gasteiger partial charge in [-0.2, -0.15) is 0 Å². The Bertz CT molecular complexity index is 212. The van der Waals surface area contributed by atoms with Crippen molar-refractivity contribution in [3.05, 3.63) is 0 Å². The summed E-state index contributed by atoms with van der Waals surface area (Å²) in [4.78, 5) is 16.2. The van der Waals surface area contributed by atoms with Crippen LogP contribution >= 0.6 is 0 Å². The number of carbonyl (C=O) groups is 1. The minimum atomic E-state index is 0.167. The van der Waals surface area contributed by atoms with E-state index in [2.05, 4.69) is 35.9 Å². The van der Waals surface area contributed by atoms with Gasteiger partial charge in [-0.05, 0) is 20.3 Å². The van der Waals surface area contributed by atoms with E-state index in [0.29, 0.717) is 12.6 Å². The lowest BCUT2D eigenvalue weighted by atomic mass is 10.2.